The second kappa shape index (κ2) is 7.58. The Morgan fingerprint density at radius 1 is 1.25 bits per heavy atom. The Morgan fingerprint density at radius 3 is 2.80 bits per heavy atom. The van der Waals surface area contributed by atoms with Crippen LogP contribution in [0.25, 0.3) is 11.0 Å². The zero-order valence-corrected chi connectivity index (χ0v) is 13.3. The number of benzene rings is 1. The van der Waals surface area contributed by atoms with Crippen LogP contribution in [0.1, 0.15) is 38.9 Å². The molecular weight excluding hydrogens is 268 g/mol. The van der Waals surface area contributed by atoms with Gasteiger partial charge in [0.2, 0.25) is 0 Å². The number of unbranched alkanes of at least 4 members (excludes halogenated alkanes) is 1. The maximum Gasteiger partial charge on any atom is 0.121 e. The van der Waals surface area contributed by atoms with Crippen LogP contribution in [0.2, 0.25) is 0 Å². The lowest BCUT2D eigenvalue weighted by molar-refractivity contribution is 0.318. The van der Waals surface area contributed by atoms with Crippen LogP contribution in [-0.4, -0.2) is 21.9 Å². The van der Waals surface area contributed by atoms with Gasteiger partial charge in [0.15, 0.2) is 0 Å². The number of ether oxygens (including phenoxy) is 1. The van der Waals surface area contributed by atoms with Crippen LogP contribution in [-0.2, 0) is 13.0 Å². The molecule has 0 unspecified atom stereocenters. The van der Waals surface area contributed by atoms with Crippen LogP contribution in [0, 0.1) is 0 Å². The molecule has 0 N–H and O–H groups in total. The van der Waals surface area contributed by atoms with E-state index >= 15 is 0 Å². The number of imidazole rings is 1. The van der Waals surface area contributed by atoms with Crippen LogP contribution < -0.4 is 4.74 Å². The lowest BCUT2D eigenvalue weighted by atomic mass is 10.2. The van der Waals surface area contributed by atoms with E-state index < -0.39 is 0 Å². The lowest BCUT2D eigenvalue weighted by Gasteiger charge is -2.08. The standard InChI is InChI=1S/C16H24N2OS/c1-3-5-9-18-15-7-6-13(19-10-4-2)12-14(15)17-16(18)8-11-20/h6-7,12,20H,3-5,8-11H2,1-2H3. The highest BCUT2D eigenvalue weighted by Gasteiger charge is 2.10. The fourth-order valence-corrected chi connectivity index (χ4v) is 2.53. The Hall–Kier alpha value is -1.16. The van der Waals surface area contributed by atoms with Crippen LogP contribution in [0.3, 0.4) is 0 Å². The molecule has 2 aromatic rings. The molecule has 20 heavy (non-hydrogen) atoms. The van der Waals surface area contributed by atoms with Gasteiger partial charge in [-0.25, -0.2) is 4.98 Å². The van der Waals surface area contributed by atoms with Gasteiger partial charge in [0.1, 0.15) is 11.6 Å². The van der Waals surface area contributed by atoms with Gasteiger partial charge >= 0.3 is 0 Å². The second-order valence-electron chi connectivity index (χ2n) is 5.01. The molecule has 0 spiro atoms. The van der Waals surface area contributed by atoms with Gasteiger partial charge < -0.3 is 9.30 Å². The van der Waals surface area contributed by atoms with Crippen molar-refractivity contribution >= 4 is 23.7 Å². The molecule has 0 radical (unpaired) electrons. The predicted molar refractivity (Wildman–Crippen MR) is 88.0 cm³/mol. The molecule has 0 aliphatic rings. The summed E-state index contributed by atoms with van der Waals surface area (Å²) in [6.07, 6.45) is 4.30. The topological polar surface area (TPSA) is 27.1 Å². The molecule has 0 bridgehead atoms. The zero-order chi connectivity index (χ0) is 14.4. The molecule has 4 heteroatoms. The van der Waals surface area contributed by atoms with E-state index in [0.717, 1.165) is 48.8 Å². The van der Waals surface area contributed by atoms with Crippen molar-refractivity contribution in [2.45, 2.75) is 46.1 Å². The number of hydrogen-bond donors (Lipinski definition) is 1. The van der Waals surface area contributed by atoms with Gasteiger partial charge in [-0.2, -0.15) is 12.6 Å². The van der Waals surface area contributed by atoms with Crippen molar-refractivity contribution in [1.82, 2.24) is 9.55 Å². The molecule has 0 amide bonds. The third kappa shape index (κ3) is 3.48. The monoisotopic (exact) mass is 292 g/mol. The molecule has 1 heterocycles. The molecule has 2 rings (SSSR count). The molecule has 0 aliphatic carbocycles. The van der Waals surface area contributed by atoms with Crippen molar-refractivity contribution in [1.29, 1.82) is 0 Å². The summed E-state index contributed by atoms with van der Waals surface area (Å²) >= 11 is 4.34. The Labute approximate surface area is 126 Å². The SMILES string of the molecule is CCCCn1c(CCS)nc2cc(OCCC)ccc21. The van der Waals surface area contributed by atoms with E-state index in [0.29, 0.717) is 0 Å². The number of aromatic nitrogens is 2. The number of thiol groups is 1. The Balaban J connectivity index is 2.33. The Bertz CT molecular complexity index is 551. The Morgan fingerprint density at radius 2 is 2.10 bits per heavy atom. The molecular formula is C16H24N2OS. The van der Waals surface area contributed by atoms with Crippen molar-refractivity contribution in [3.05, 3.63) is 24.0 Å². The number of nitrogens with zero attached hydrogens (tertiary/aromatic N) is 2. The number of hydrogen-bond acceptors (Lipinski definition) is 3. The van der Waals surface area contributed by atoms with Crippen molar-refractivity contribution < 1.29 is 4.74 Å². The fourth-order valence-electron chi connectivity index (χ4n) is 2.33. The fraction of sp³-hybridized carbons (Fsp3) is 0.562. The van der Waals surface area contributed by atoms with Crippen LogP contribution in [0.5, 0.6) is 5.75 Å². The average Bonchev–Trinajstić information content (AvgIpc) is 2.80. The average molecular weight is 292 g/mol. The lowest BCUT2D eigenvalue weighted by Crippen LogP contribution is -2.04. The van der Waals surface area contributed by atoms with Crippen molar-refractivity contribution in [2.24, 2.45) is 0 Å². The van der Waals surface area contributed by atoms with Crippen LogP contribution in [0.15, 0.2) is 18.2 Å². The summed E-state index contributed by atoms with van der Waals surface area (Å²) in [4.78, 5) is 4.76. The zero-order valence-electron chi connectivity index (χ0n) is 12.4. The molecule has 0 atom stereocenters. The predicted octanol–water partition coefficient (Wildman–Crippen LogP) is 4.10. The van der Waals surface area contributed by atoms with E-state index in [1.165, 1.54) is 18.4 Å². The van der Waals surface area contributed by atoms with E-state index in [9.17, 15) is 0 Å². The van der Waals surface area contributed by atoms with Crippen molar-refractivity contribution in [3.8, 4) is 5.75 Å². The van der Waals surface area contributed by atoms with Gasteiger partial charge in [0, 0.05) is 19.0 Å². The van der Waals surface area contributed by atoms with Gasteiger partial charge in [-0.3, -0.25) is 0 Å². The number of rotatable bonds is 8. The summed E-state index contributed by atoms with van der Waals surface area (Å²) in [6, 6.07) is 6.23. The molecule has 1 aromatic heterocycles. The normalized spacial score (nSPS) is 11.2. The van der Waals surface area contributed by atoms with E-state index in [4.69, 9.17) is 9.72 Å². The summed E-state index contributed by atoms with van der Waals surface area (Å²) in [5.74, 6) is 2.88. The van der Waals surface area contributed by atoms with Gasteiger partial charge in [0.25, 0.3) is 0 Å². The summed E-state index contributed by atoms with van der Waals surface area (Å²) < 4.78 is 8.02. The molecule has 0 aliphatic heterocycles. The first-order chi connectivity index (χ1) is 9.80. The van der Waals surface area contributed by atoms with E-state index in [-0.39, 0.29) is 0 Å². The van der Waals surface area contributed by atoms with E-state index in [2.05, 4.69) is 43.2 Å². The van der Waals surface area contributed by atoms with Gasteiger partial charge in [0.05, 0.1) is 17.6 Å². The number of aryl methyl sites for hydroxylation is 2. The molecule has 0 saturated heterocycles. The summed E-state index contributed by atoms with van der Waals surface area (Å²) in [6.45, 7) is 6.12. The smallest absolute Gasteiger partial charge is 0.121 e. The summed E-state index contributed by atoms with van der Waals surface area (Å²) in [5, 5.41) is 0. The van der Waals surface area contributed by atoms with E-state index in [1.807, 2.05) is 6.07 Å². The maximum atomic E-state index is 5.69. The van der Waals surface area contributed by atoms with Crippen molar-refractivity contribution in [3.63, 3.8) is 0 Å². The minimum absolute atomic E-state index is 0.756. The minimum Gasteiger partial charge on any atom is -0.494 e. The first kappa shape index (κ1) is 15.2. The van der Waals surface area contributed by atoms with E-state index in [1.54, 1.807) is 0 Å². The third-order valence-corrected chi connectivity index (χ3v) is 3.57. The Kier molecular flexibility index (Phi) is 5.77. The van der Waals surface area contributed by atoms with Crippen LogP contribution >= 0.6 is 12.6 Å². The molecule has 110 valence electrons. The van der Waals surface area contributed by atoms with Gasteiger partial charge in [-0.05, 0) is 30.7 Å². The van der Waals surface area contributed by atoms with Gasteiger partial charge in [-0.15, -0.1) is 0 Å². The maximum absolute atomic E-state index is 5.69. The highest BCUT2D eigenvalue weighted by atomic mass is 32.1. The molecule has 3 nitrogen and oxygen atoms in total. The first-order valence-corrected chi connectivity index (χ1v) is 8.16. The highest BCUT2D eigenvalue weighted by molar-refractivity contribution is 7.80. The largest absolute Gasteiger partial charge is 0.494 e. The summed E-state index contributed by atoms with van der Waals surface area (Å²) in [5.41, 5.74) is 2.24. The molecule has 0 saturated carbocycles. The first-order valence-electron chi connectivity index (χ1n) is 7.53. The van der Waals surface area contributed by atoms with Gasteiger partial charge in [-0.1, -0.05) is 20.3 Å². The summed E-state index contributed by atoms with van der Waals surface area (Å²) in [7, 11) is 0. The quantitative estimate of drug-likeness (QED) is 0.742. The van der Waals surface area contributed by atoms with Crippen molar-refractivity contribution in [2.75, 3.05) is 12.4 Å². The highest BCUT2D eigenvalue weighted by Crippen LogP contribution is 2.23. The molecule has 0 fully saturated rings. The third-order valence-electron chi connectivity index (χ3n) is 3.34. The second-order valence-corrected chi connectivity index (χ2v) is 5.45. The van der Waals surface area contributed by atoms with Crippen LogP contribution in [0.4, 0.5) is 0 Å². The molecule has 1 aromatic carbocycles. The minimum atomic E-state index is 0.756. The number of fused-ring (bicyclic) bond motifs is 1.